The molecule has 0 bridgehead atoms. The molecule has 2 N–H and O–H groups in total. The molecule has 0 saturated carbocycles. The molecule has 0 radical (unpaired) electrons. The Kier molecular flexibility index (Phi) is 4.84. The van der Waals surface area contributed by atoms with Gasteiger partial charge in [-0.15, -0.1) is 0 Å². The Morgan fingerprint density at radius 3 is 2.54 bits per heavy atom. The molecule has 0 spiro atoms. The van der Waals surface area contributed by atoms with Crippen molar-refractivity contribution in [2.45, 2.75) is 6.92 Å². The van der Waals surface area contributed by atoms with Gasteiger partial charge < -0.3 is 15.4 Å². The fraction of sp³-hybridized carbons (Fsp3) is 0.150. The molecule has 0 atom stereocenters. The number of rotatable bonds is 4. The number of aromatic nitrogens is 1. The number of anilines is 1. The molecule has 0 aliphatic heterocycles. The maximum absolute atomic E-state index is 12.7. The molecular formula is C20H19N3O3. The van der Waals surface area contributed by atoms with Crippen LogP contribution in [0.3, 0.4) is 0 Å². The predicted octanol–water partition coefficient (Wildman–Crippen LogP) is 3.16. The Morgan fingerprint density at radius 1 is 1.04 bits per heavy atom. The maximum Gasteiger partial charge on any atom is 0.274 e. The Morgan fingerprint density at radius 2 is 1.81 bits per heavy atom. The van der Waals surface area contributed by atoms with Crippen LogP contribution in [-0.2, 0) is 0 Å². The lowest BCUT2D eigenvalue weighted by Crippen LogP contribution is -2.19. The van der Waals surface area contributed by atoms with Gasteiger partial charge in [0.25, 0.3) is 11.8 Å². The van der Waals surface area contributed by atoms with Gasteiger partial charge in [0.05, 0.1) is 7.11 Å². The second-order valence-corrected chi connectivity index (χ2v) is 5.80. The number of amides is 2. The summed E-state index contributed by atoms with van der Waals surface area (Å²) in [6.07, 6.45) is 0. The van der Waals surface area contributed by atoms with Crippen molar-refractivity contribution in [1.82, 2.24) is 10.3 Å². The van der Waals surface area contributed by atoms with Crippen LogP contribution in [0.25, 0.3) is 10.8 Å². The van der Waals surface area contributed by atoms with Crippen molar-refractivity contribution >= 4 is 28.3 Å². The van der Waals surface area contributed by atoms with E-state index in [0.717, 1.165) is 16.3 Å². The van der Waals surface area contributed by atoms with Crippen molar-refractivity contribution in [1.29, 1.82) is 0 Å². The molecule has 132 valence electrons. The SMILES string of the molecule is CNC(=O)c1ccc(C)c(NC(=O)c2cc3ccccc3c(OC)n2)c1. The largest absolute Gasteiger partial charge is 0.481 e. The van der Waals surface area contributed by atoms with Crippen molar-refractivity contribution in [3.63, 3.8) is 0 Å². The molecule has 1 heterocycles. The predicted molar refractivity (Wildman–Crippen MR) is 101 cm³/mol. The highest BCUT2D eigenvalue weighted by Gasteiger charge is 2.15. The van der Waals surface area contributed by atoms with E-state index >= 15 is 0 Å². The molecule has 2 amide bonds. The highest BCUT2D eigenvalue weighted by molar-refractivity contribution is 6.06. The number of methoxy groups -OCH3 is 1. The van der Waals surface area contributed by atoms with Crippen molar-refractivity contribution in [3.8, 4) is 5.88 Å². The highest BCUT2D eigenvalue weighted by Crippen LogP contribution is 2.25. The number of benzene rings is 2. The number of nitrogens with zero attached hydrogens (tertiary/aromatic N) is 1. The minimum atomic E-state index is -0.369. The van der Waals surface area contributed by atoms with E-state index in [1.54, 1.807) is 31.3 Å². The lowest BCUT2D eigenvalue weighted by Gasteiger charge is -2.11. The van der Waals surface area contributed by atoms with Crippen molar-refractivity contribution in [3.05, 3.63) is 65.4 Å². The normalized spacial score (nSPS) is 10.4. The van der Waals surface area contributed by atoms with Gasteiger partial charge in [-0.05, 0) is 42.1 Å². The fourth-order valence-electron chi connectivity index (χ4n) is 2.67. The Balaban J connectivity index is 1.96. The van der Waals surface area contributed by atoms with Crippen LogP contribution in [0.15, 0.2) is 48.5 Å². The van der Waals surface area contributed by atoms with Crippen LogP contribution < -0.4 is 15.4 Å². The van der Waals surface area contributed by atoms with Crippen LogP contribution in [0.1, 0.15) is 26.4 Å². The minimum absolute atomic E-state index is 0.217. The zero-order valence-corrected chi connectivity index (χ0v) is 14.8. The number of fused-ring (bicyclic) bond motifs is 1. The zero-order valence-electron chi connectivity index (χ0n) is 14.8. The lowest BCUT2D eigenvalue weighted by molar-refractivity contribution is 0.0961. The van der Waals surface area contributed by atoms with Gasteiger partial charge in [-0.1, -0.05) is 24.3 Å². The molecule has 0 fully saturated rings. The van der Waals surface area contributed by atoms with Crippen LogP contribution >= 0.6 is 0 Å². The third-order valence-corrected chi connectivity index (χ3v) is 4.11. The van der Waals surface area contributed by atoms with E-state index in [1.807, 2.05) is 31.2 Å². The molecule has 0 aliphatic carbocycles. The molecule has 26 heavy (non-hydrogen) atoms. The Bertz CT molecular complexity index is 999. The van der Waals surface area contributed by atoms with Crippen molar-refractivity contribution in [2.75, 3.05) is 19.5 Å². The number of carbonyl (C=O) groups excluding carboxylic acids is 2. The first kappa shape index (κ1) is 17.4. The maximum atomic E-state index is 12.7. The van der Waals surface area contributed by atoms with Crippen LogP contribution in [-0.4, -0.2) is 31.0 Å². The number of hydrogen-bond acceptors (Lipinski definition) is 4. The molecule has 3 aromatic rings. The second-order valence-electron chi connectivity index (χ2n) is 5.80. The summed E-state index contributed by atoms with van der Waals surface area (Å²) in [5.41, 5.74) is 2.12. The summed E-state index contributed by atoms with van der Waals surface area (Å²) in [7, 11) is 3.08. The first-order chi connectivity index (χ1) is 12.5. The van der Waals surface area contributed by atoms with Gasteiger partial charge in [0, 0.05) is 23.7 Å². The minimum Gasteiger partial charge on any atom is -0.481 e. The second kappa shape index (κ2) is 7.23. The third kappa shape index (κ3) is 3.35. The number of ether oxygens (including phenoxy) is 1. The van der Waals surface area contributed by atoms with E-state index in [-0.39, 0.29) is 17.5 Å². The summed E-state index contributed by atoms with van der Waals surface area (Å²) >= 11 is 0. The summed E-state index contributed by atoms with van der Waals surface area (Å²) in [6.45, 7) is 1.86. The van der Waals surface area contributed by atoms with Gasteiger partial charge in [-0.3, -0.25) is 9.59 Å². The molecule has 3 rings (SSSR count). The summed E-state index contributed by atoms with van der Waals surface area (Å²) in [4.78, 5) is 28.8. The molecule has 0 saturated heterocycles. The number of aryl methyl sites for hydroxylation is 1. The van der Waals surface area contributed by atoms with Crippen LogP contribution in [0.2, 0.25) is 0 Å². The summed E-state index contributed by atoms with van der Waals surface area (Å²) in [6, 6.07) is 14.4. The van der Waals surface area contributed by atoms with Crippen LogP contribution in [0, 0.1) is 6.92 Å². The van der Waals surface area contributed by atoms with Crippen molar-refractivity contribution < 1.29 is 14.3 Å². The van der Waals surface area contributed by atoms with Crippen LogP contribution in [0.4, 0.5) is 5.69 Å². The molecule has 6 heteroatoms. The average Bonchev–Trinajstić information content (AvgIpc) is 2.67. The van der Waals surface area contributed by atoms with Crippen molar-refractivity contribution in [2.24, 2.45) is 0 Å². The first-order valence-corrected chi connectivity index (χ1v) is 8.11. The van der Waals surface area contributed by atoms with E-state index in [1.165, 1.54) is 7.11 Å². The Labute approximate surface area is 151 Å². The topological polar surface area (TPSA) is 80.3 Å². The average molecular weight is 349 g/mol. The summed E-state index contributed by atoms with van der Waals surface area (Å²) in [5, 5.41) is 7.09. The molecule has 1 aromatic heterocycles. The van der Waals surface area contributed by atoms with Gasteiger partial charge in [0.2, 0.25) is 5.88 Å². The van der Waals surface area contributed by atoms with Gasteiger partial charge >= 0.3 is 0 Å². The number of carbonyl (C=O) groups is 2. The van der Waals surface area contributed by atoms with Gasteiger partial charge in [-0.2, -0.15) is 0 Å². The molecular weight excluding hydrogens is 330 g/mol. The van der Waals surface area contributed by atoms with E-state index in [2.05, 4.69) is 15.6 Å². The van der Waals surface area contributed by atoms with Crippen LogP contribution in [0.5, 0.6) is 5.88 Å². The summed E-state index contributed by atoms with van der Waals surface area (Å²) < 4.78 is 5.31. The van der Waals surface area contributed by atoms with Gasteiger partial charge in [-0.25, -0.2) is 4.98 Å². The standard InChI is InChI=1S/C20H19N3O3/c1-12-8-9-14(18(24)21-2)11-16(12)22-19(25)17-10-13-6-4-5-7-15(13)20(23-17)26-3/h4-11H,1-3H3,(H,21,24)(H,22,25). The lowest BCUT2D eigenvalue weighted by atomic mass is 10.1. The number of hydrogen-bond donors (Lipinski definition) is 2. The summed E-state index contributed by atoms with van der Waals surface area (Å²) in [5.74, 6) is -0.193. The van der Waals surface area contributed by atoms with E-state index in [0.29, 0.717) is 17.1 Å². The van der Waals surface area contributed by atoms with E-state index in [9.17, 15) is 9.59 Å². The third-order valence-electron chi connectivity index (χ3n) is 4.11. The molecule has 0 unspecified atom stereocenters. The molecule has 0 aliphatic rings. The quantitative estimate of drug-likeness (QED) is 0.758. The van der Waals surface area contributed by atoms with E-state index < -0.39 is 0 Å². The Hall–Kier alpha value is -3.41. The zero-order chi connectivity index (χ0) is 18.7. The highest BCUT2D eigenvalue weighted by atomic mass is 16.5. The fourth-order valence-corrected chi connectivity index (χ4v) is 2.67. The molecule has 6 nitrogen and oxygen atoms in total. The van der Waals surface area contributed by atoms with E-state index in [4.69, 9.17) is 4.74 Å². The first-order valence-electron chi connectivity index (χ1n) is 8.11. The number of pyridine rings is 1. The monoisotopic (exact) mass is 349 g/mol. The van der Waals surface area contributed by atoms with Gasteiger partial charge in [0.15, 0.2) is 0 Å². The smallest absolute Gasteiger partial charge is 0.274 e. The molecule has 2 aromatic carbocycles. The number of nitrogens with one attached hydrogen (secondary N) is 2. The van der Waals surface area contributed by atoms with Gasteiger partial charge in [0.1, 0.15) is 5.69 Å².